The van der Waals surface area contributed by atoms with Crippen LogP contribution in [-0.4, -0.2) is 38.3 Å². The first-order valence-corrected chi connectivity index (χ1v) is 6.52. The highest BCUT2D eigenvalue weighted by Crippen LogP contribution is 2.17. The molecule has 18 heavy (non-hydrogen) atoms. The summed E-state index contributed by atoms with van der Waals surface area (Å²) in [7, 11) is 1.62. The highest BCUT2D eigenvalue weighted by Gasteiger charge is 2.17. The topological polar surface area (TPSA) is 80.4 Å². The molecule has 0 heterocycles. The third-order valence-corrected chi connectivity index (χ3v) is 3.20. The highest BCUT2D eigenvalue weighted by atomic mass is 16.5. The Morgan fingerprint density at radius 2 is 2.00 bits per heavy atom. The molecule has 5 nitrogen and oxygen atoms in total. The summed E-state index contributed by atoms with van der Waals surface area (Å²) in [5.74, 6) is 0.201. The van der Waals surface area contributed by atoms with E-state index in [2.05, 4.69) is 5.32 Å². The first-order chi connectivity index (χ1) is 8.63. The molecule has 0 aromatic heterocycles. The van der Waals surface area contributed by atoms with Gasteiger partial charge in [0.2, 0.25) is 5.90 Å². The minimum atomic E-state index is 0.201. The molecule has 0 radical (unpaired) electrons. The molecule has 1 aliphatic carbocycles. The SMILES string of the molecule is COCCOC(=N)/C(C)=C\N[C@H]1CC[C@H](N)CC1. The maximum absolute atomic E-state index is 7.72. The molecule has 0 aliphatic heterocycles. The summed E-state index contributed by atoms with van der Waals surface area (Å²) in [5, 5.41) is 11.1. The number of hydrogen-bond acceptors (Lipinski definition) is 5. The van der Waals surface area contributed by atoms with Crippen molar-refractivity contribution in [1.82, 2.24) is 5.32 Å². The molecule has 0 bridgehead atoms. The van der Waals surface area contributed by atoms with Crippen LogP contribution in [0.3, 0.4) is 0 Å². The van der Waals surface area contributed by atoms with Gasteiger partial charge in [-0.1, -0.05) is 0 Å². The van der Waals surface area contributed by atoms with E-state index in [1.54, 1.807) is 7.11 Å². The standard InChI is InChI=1S/C13H25N3O2/c1-10(13(15)18-8-7-17-2)9-16-12-5-3-11(14)4-6-12/h9,11-12,15-16H,3-8,14H2,1-2H3/b10-9-,15-13?/t11-,12-. The predicted octanol–water partition coefficient (Wildman–Crippen LogP) is 1.39. The highest BCUT2D eigenvalue weighted by molar-refractivity contribution is 5.90. The maximum Gasteiger partial charge on any atom is 0.210 e. The molecule has 1 saturated carbocycles. The van der Waals surface area contributed by atoms with Gasteiger partial charge in [-0.05, 0) is 32.6 Å². The normalized spacial score (nSPS) is 24.7. The lowest BCUT2D eigenvalue weighted by Gasteiger charge is -2.26. The summed E-state index contributed by atoms with van der Waals surface area (Å²) in [6.07, 6.45) is 6.22. The van der Waals surface area contributed by atoms with E-state index in [0.717, 1.165) is 31.3 Å². The lowest BCUT2D eigenvalue weighted by molar-refractivity contribution is 0.140. The van der Waals surface area contributed by atoms with E-state index in [1.807, 2.05) is 13.1 Å². The average molecular weight is 255 g/mol. The van der Waals surface area contributed by atoms with Crippen LogP contribution in [0.2, 0.25) is 0 Å². The summed E-state index contributed by atoms with van der Waals surface area (Å²) in [6.45, 7) is 2.79. The average Bonchev–Trinajstić information content (AvgIpc) is 2.38. The van der Waals surface area contributed by atoms with Crippen LogP contribution in [0.4, 0.5) is 0 Å². The quantitative estimate of drug-likeness (QED) is 0.380. The molecule has 0 spiro atoms. The van der Waals surface area contributed by atoms with Crippen LogP contribution in [0.25, 0.3) is 0 Å². The molecule has 0 atom stereocenters. The van der Waals surface area contributed by atoms with Crippen molar-refractivity contribution in [1.29, 1.82) is 5.41 Å². The molecule has 0 unspecified atom stereocenters. The summed E-state index contributed by atoms with van der Waals surface area (Å²) >= 11 is 0. The molecule has 0 amide bonds. The Balaban J connectivity index is 2.25. The summed E-state index contributed by atoms with van der Waals surface area (Å²) < 4.78 is 10.1. The second kappa shape index (κ2) is 8.11. The van der Waals surface area contributed by atoms with Crippen molar-refractivity contribution in [3.63, 3.8) is 0 Å². The van der Waals surface area contributed by atoms with E-state index in [-0.39, 0.29) is 5.90 Å². The Labute approximate surface area is 109 Å². The first kappa shape index (κ1) is 15.0. The summed E-state index contributed by atoms with van der Waals surface area (Å²) in [4.78, 5) is 0. The molecule has 104 valence electrons. The van der Waals surface area contributed by atoms with Crippen LogP contribution >= 0.6 is 0 Å². The number of rotatable bonds is 6. The molecule has 0 aromatic carbocycles. The van der Waals surface area contributed by atoms with Gasteiger partial charge in [-0.3, -0.25) is 5.41 Å². The van der Waals surface area contributed by atoms with Gasteiger partial charge in [0.25, 0.3) is 0 Å². The third kappa shape index (κ3) is 5.51. The molecule has 4 N–H and O–H groups in total. The molecule has 0 saturated heterocycles. The van der Waals surface area contributed by atoms with E-state index >= 15 is 0 Å². The molecule has 0 aromatic rings. The van der Waals surface area contributed by atoms with E-state index in [0.29, 0.717) is 25.3 Å². The minimum Gasteiger partial charge on any atom is -0.475 e. The zero-order valence-corrected chi connectivity index (χ0v) is 11.4. The van der Waals surface area contributed by atoms with Crippen molar-refractivity contribution in [3.05, 3.63) is 11.8 Å². The molecule has 1 rings (SSSR count). The molecule has 1 fully saturated rings. The second-order valence-electron chi connectivity index (χ2n) is 4.78. The first-order valence-electron chi connectivity index (χ1n) is 6.52. The number of hydrogen-bond donors (Lipinski definition) is 3. The zero-order valence-electron chi connectivity index (χ0n) is 11.4. The van der Waals surface area contributed by atoms with Gasteiger partial charge in [0.05, 0.1) is 6.61 Å². The largest absolute Gasteiger partial charge is 0.475 e. The summed E-state index contributed by atoms with van der Waals surface area (Å²) in [6, 6.07) is 0.843. The fourth-order valence-corrected chi connectivity index (χ4v) is 1.94. The molecule has 1 aliphatic rings. The van der Waals surface area contributed by atoms with Gasteiger partial charge in [0.1, 0.15) is 6.61 Å². The number of nitrogens with one attached hydrogen (secondary N) is 2. The van der Waals surface area contributed by atoms with E-state index < -0.39 is 0 Å². The number of ether oxygens (including phenoxy) is 2. The van der Waals surface area contributed by atoms with E-state index in [9.17, 15) is 0 Å². The van der Waals surface area contributed by atoms with Gasteiger partial charge >= 0.3 is 0 Å². The van der Waals surface area contributed by atoms with Gasteiger partial charge in [-0.2, -0.15) is 0 Å². The van der Waals surface area contributed by atoms with Gasteiger partial charge in [0.15, 0.2) is 0 Å². The Morgan fingerprint density at radius 3 is 2.61 bits per heavy atom. The number of methoxy groups -OCH3 is 1. The lowest BCUT2D eigenvalue weighted by atomic mass is 9.92. The molecule has 5 heteroatoms. The Morgan fingerprint density at radius 1 is 1.33 bits per heavy atom. The van der Waals surface area contributed by atoms with Crippen molar-refractivity contribution >= 4 is 5.90 Å². The maximum atomic E-state index is 7.72. The third-order valence-electron chi connectivity index (χ3n) is 3.20. The minimum absolute atomic E-state index is 0.201. The molecular weight excluding hydrogens is 230 g/mol. The fraction of sp³-hybridized carbons (Fsp3) is 0.769. The number of nitrogens with two attached hydrogens (primary N) is 1. The monoisotopic (exact) mass is 255 g/mol. The van der Waals surface area contributed by atoms with Crippen LogP contribution in [0.5, 0.6) is 0 Å². The van der Waals surface area contributed by atoms with Crippen molar-refractivity contribution in [2.24, 2.45) is 5.73 Å². The summed E-state index contributed by atoms with van der Waals surface area (Å²) in [5.41, 5.74) is 6.67. The Hall–Kier alpha value is -1.07. The van der Waals surface area contributed by atoms with Gasteiger partial charge in [-0.15, -0.1) is 0 Å². The Kier molecular flexibility index (Phi) is 6.75. The van der Waals surface area contributed by atoms with Crippen LogP contribution in [0.1, 0.15) is 32.6 Å². The van der Waals surface area contributed by atoms with Crippen molar-refractivity contribution in [3.8, 4) is 0 Å². The smallest absolute Gasteiger partial charge is 0.210 e. The van der Waals surface area contributed by atoms with Crippen LogP contribution in [0.15, 0.2) is 11.8 Å². The Bertz CT molecular complexity index is 284. The van der Waals surface area contributed by atoms with Crippen LogP contribution < -0.4 is 11.1 Å². The van der Waals surface area contributed by atoms with Crippen molar-refractivity contribution in [2.45, 2.75) is 44.7 Å². The van der Waals surface area contributed by atoms with Crippen molar-refractivity contribution in [2.75, 3.05) is 20.3 Å². The fourth-order valence-electron chi connectivity index (χ4n) is 1.94. The van der Waals surface area contributed by atoms with Gasteiger partial charge < -0.3 is 20.5 Å². The zero-order chi connectivity index (χ0) is 13.4. The predicted molar refractivity (Wildman–Crippen MR) is 72.7 cm³/mol. The van der Waals surface area contributed by atoms with Crippen LogP contribution in [0, 0.1) is 5.41 Å². The van der Waals surface area contributed by atoms with E-state index in [1.165, 1.54) is 0 Å². The van der Waals surface area contributed by atoms with Crippen LogP contribution in [-0.2, 0) is 9.47 Å². The second-order valence-corrected chi connectivity index (χ2v) is 4.78. The van der Waals surface area contributed by atoms with E-state index in [4.69, 9.17) is 20.6 Å². The van der Waals surface area contributed by atoms with Gasteiger partial charge in [-0.25, -0.2) is 0 Å². The lowest BCUT2D eigenvalue weighted by Crippen LogP contribution is -2.35. The van der Waals surface area contributed by atoms with Crippen molar-refractivity contribution < 1.29 is 9.47 Å². The molecular formula is C13H25N3O2. The van der Waals surface area contributed by atoms with Gasteiger partial charge in [0, 0.05) is 31.0 Å².